The molecule has 0 amide bonds. The highest BCUT2D eigenvalue weighted by Crippen LogP contribution is 2.28. The summed E-state index contributed by atoms with van der Waals surface area (Å²) in [6.45, 7) is 5.51. The minimum Gasteiger partial charge on any atom is -0.494 e. The third-order valence-electron chi connectivity index (χ3n) is 3.81. The van der Waals surface area contributed by atoms with Crippen LogP contribution in [0.2, 0.25) is 0 Å². The van der Waals surface area contributed by atoms with Gasteiger partial charge in [0, 0.05) is 31.6 Å². The lowest BCUT2D eigenvalue weighted by atomic mass is 10.1. The number of methoxy groups -OCH3 is 1. The fraction of sp³-hybridized carbons (Fsp3) is 0.400. The van der Waals surface area contributed by atoms with E-state index in [1.165, 1.54) is 0 Å². The number of H-pyrrole nitrogens is 1. The molecule has 0 unspecified atom stereocenters. The van der Waals surface area contributed by atoms with Crippen molar-refractivity contribution < 1.29 is 4.74 Å². The van der Waals surface area contributed by atoms with Crippen LogP contribution < -0.4 is 20.5 Å². The summed E-state index contributed by atoms with van der Waals surface area (Å²) < 4.78 is 5.40. The number of rotatable bonds is 2. The van der Waals surface area contributed by atoms with E-state index in [0.717, 1.165) is 54.1 Å². The number of hydrogen-bond donors (Lipinski definition) is 2. The fourth-order valence-corrected chi connectivity index (χ4v) is 2.75. The molecule has 1 aliphatic rings. The highest BCUT2D eigenvalue weighted by atomic mass is 16.5. The molecule has 0 bridgehead atoms. The molecule has 0 saturated carbocycles. The highest BCUT2D eigenvalue weighted by Gasteiger charge is 2.16. The summed E-state index contributed by atoms with van der Waals surface area (Å²) >= 11 is 0. The Labute approximate surface area is 117 Å². The van der Waals surface area contributed by atoms with Gasteiger partial charge in [-0.2, -0.15) is 0 Å². The summed E-state index contributed by atoms with van der Waals surface area (Å²) in [5.41, 5.74) is 2.48. The van der Waals surface area contributed by atoms with Crippen LogP contribution in [0.3, 0.4) is 0 Å². The van der Waals surface area contributed by atoms with Crippen molar-refractivity contribution >= 4 is 16.6 Å². The summed E-state index contributed by atoms with van der Waals surface area (Å²) in [4.78, 5) is 17.4. The average Bonchev–Trinajstić information content (AvgIpc) is 2.47. The monoisotopic (exact) mass is 273 g/mol. The molecule has 106 valence electrons. The van der Waals surface area contributed by atoms with Crippen LogP contribution in [-0.2, 0) is 0 Å². The number of nitrogens with one attached hydrogen (secondary N) is 2. The zero-order valence-electron chi connectivity index (χ0n) is 11.8. The molecule has 2 N–H and O–H groups in total. The van der Waals surface area contributed by atoms with Gasteiger partial charge < -0.3 is 19.9 Å². The van der Waals surface area contributed by atoms with Crippen LogP contribution >= 0.6 is 0 Å². The van der Waals surface area contributed by atoms with Crippen molar-refractivity contribution in [3.8, 4) is 5.75 Å². The van der Waals surface area contributed by atoms with Crippen LogP contribution in [0.4, 0.5) is 5.69 Å². The van der Waals surface area contributed by atoms with Gasteiger partial charge in [0.25, 0.3) is 5.56 Å². The Morgan fingerprint density at radius 1 is 1.25 bits per heavy atom. The van der Waals surface area contributed by atoms with E-state index in [1.807, 2.05) is 25.1 Å². The van der Waals surface area contributed by atoms with E-state index in [-0.39, 0.29) is 5.56 Å². The third kappa shape index (κ3) is 2.14. The average molecular weight is 273 g/mol. The first-order valence-corrected chi connectivity index (χ1v) is 6.87. The first kappa shape index (κ1) is 13.0. The standard InChI is InChI=1S/C15H19N3O2/c1-10-3-4-11-9-12(18-7-5-16-6-8-18)15(19)17-13(11)14(10)20-2/h3-4,9,16H,5-8H2,1-2H3,(H,17,19). The molecule has 3 rings (SSSR count). The SMILES string of the molecule is COc1c(C)ccc2cc(N3CCNCC3)c(=O)[nH]c12. The largest absolute Gasteiger partial charge is 0.494 e. The molecular formula is C15H19N3O2. The van der Waals surface area contributed by atoms with E-state index >= 15 is 0 Å². The molecule has 1 fully saturated rings. The van der Waals surface area contributed by atoms with Gasteiger partial charge in [0.05, 0.1) is 12.6 Å². The first-order valence-electron chi connectivity index (χ1n) is 6.87. The molecule has 2 aromatic rings. The number of ether oxygens (including phenoxy) is 1. The molecule has 0 spiro atoms. The predicted octanol–water partition coefficient (Wildman–Crippen LogP) is 1.25. The van der Waals surface area contributed by atoms with E-state index in [2.05, 4.69) is 15.2 Å². The molecule has 0 atom stereocenters. The number of benzene rings is 1. The summed E-state index contributed by atoms with van der Waals surface area (Å²) in [6.07, 6.45) is 0. The number of fused-ring (bicyclic) bond motifs is 1. The second kappa shape index (κ2) is 5.17. The van der Waals surface area contributed by atoms with Crippen LogP contribution in [0.25, 0.3) is 10.9 Å². The molecular weight excluding hydrogens is 254 g/mol. The van der Waals surface area contributed by atoms with Gasteiger partial charge in [0.1, 0.15) is 11.4 Å². The molecule has 0 aliphatic carbocycles. The van der Waals surface area contributed by atoms with Gasteiger partial charge in [-0.05, 0) is 18.6 Å². The predicted molar refractivity (Wildman–Crippen MR) is 80.9 cm³/mol. The normalized spacial score (nSPS) is 15.6. The molecule has 1 aliphatic heterocycles. The summed E-state index contributed by atoms with van der Waals surface area (Å²) in [5, 5.41) is 4.29. The van der Waals surface area contributed by atoms with Crippen molar-refractivity contribution in [3.05, 3.63) is 34.1 Å². The van der Waals surface area contributed by atoms with E-state index in [1.54, 1.807) is 7.11 Å². The van der Waals surface area contributed by atoms with Gasteiger partial charge in [-0.1, -0.05) is 12.1 Å². The van der Waals surface area contributed by atoms with Crippen molar-refractivity contribution in [1.29, 1.82) is 0 Å². The highest BCUT2D eigenvalue weighted by molar-refractivity contribution is 5.88. The maximum Gasteiger partial charge on any atom is 0.272 e. The zero-order valence-corrected chi connectivity index (χ0v) is 11.8. The Morgan fingerprint density at radius 2 is 2.00 bits per heavy atom. The van der Waals surface area contributed by atoms with Crippen LogP contribution in [0.1, 0.15) is 5.56 Å². The van der Waals surface area contributed by atoms with Crippen molar-refractivity contribution in [2.45, 2.75) is 6.92 Å². The van der Waals surface area contributed by atoms with E-state index < -0.39 is 0 Å². The Hall–Kier alpha value is -2.01. The first-order chi connectivity index (χ1) is 9.70. The van der Waals surface area contributed by atoms with Gasteiger partial charge in [-0.15, -0.1) is 0 Å². The zero-order chi connectivity index (χ0) is 14.1. The van der Waals surface area contributed by atoms with Crippen LogP contribution in [0.15, 0.2) is 23.0 Å². The number of anilines is 1. The van der Waals surface area contributed by atoms with Crippen LogP contribution in [0, 0.1) is 6.92 Å². The second-order valence-corrected chi connectivity index (χ2v) is 5.10. The Bertz CT molecular complexity index is 687. The van der Waals surface area contributed by atoms with Crippen molar-refractivity contribution in [3.63, 3.8) is 0 Å². The van der Waals surface area contributed by atoms with Crippen molar-refractivity contribution in [1.82, 2.24) is 10.3 Å². The molecule has 2 heterocycles. The second-order valence-electron chi connectivity index (χ2n) is 5.10. The number of aromatic nitrogens is 1. The van der Waals surface area contributed by atoms with E-state index in [0.29, 0.717) is 0 Å². The molecule has 5 heteroatoms. The summed E-state index contributed by atoms with van der Waals surface area (Å²) in [5.74, 6) is 0.742. The molecule has 20 heavy (non-hydrogen) atoms. The van der Waals surface area contributed by atoms with E-state index in [9.17, 15) is 4.79 Å². The summed E-state index contributed by atoms with van der Waals surface area (Å²) in [6, 6.07) is 6.00. The van der Waals surface area contributed by atoms with Crippen molar-refractivity contribution in [2.75, 3.05) is 38.2 Å². The molecule has 1 saturated heterocycles. The Balaban J connectivity index is 2.15. The van der Waals surface area contributed by atoms with Crippen molar-refractivity contribution in [2.24, 2.45) is 0 Å². The molecule has 0 radical (unpaired) electrons. The number of pyridine rings is 1. The number of aryl methyl sites for hydroxylation is 1. The summed E-state index contributed by atoms with van der Waals surface area (Å²) in [7, 11) is 1.63. The van der Waals surface area contributed by atoms with Gasteiger partial charge in [-0.25, -0.2) is 0 Å². The minimum absolute atomic E-state index is 0.0525. The Morgan fingerprint density at radius 3 is 2.70 bits per heavy atom. The number of nitrogens with zero attached hydrogens (tertiary/aromatic N) is 1. The lowest BCUT2D eigenvalue weighted by molar-refractivity contribution is 0.416. The minimum atomic E-state index is -0.0525. The van der Waals surface area contributed by atoms with Gasteiger partial charge in [0.2, 0.25) is 0 Å². The fourth-order valence-electron chi connectivity index (χ4n) is 2.75. The maximum atomic E-state index is 12.3. The Kier molecular flexibility index (Phi) is 3.36. The topological polar surface area (TPSA) is 57.4 Å². The molecule has 1 aromatic carbocycles. The molecule has 1 aromatic heterocycles. The molecule has 5 nitrogen and oxygen atoms in total. The lowest BCUT2D eigenvalue weighted by Crippen LogP contribution is -2.45. The van der Waals surface area contributed by atoms with Crippen LogP contribution in [0.5, 0.6) is 5.75 Å². The number of hydrogen-bond acceptors (Lipinski definition) is 4. The maximum absolute atomic E-state index is 12.3. The van der Waals surface area contributed by atoms with Gasteiger partial charge in [0.15, 0.2) is 0 Å². The van der Waals surface area contributed by atoms with Gasteiger partial charge in [-0.3, -0.25) is 4.79 Å². The number of aromatic amines is 1. The van der Waals surface area contributed by atoms with Gasteiger partial charge >= 0.3 is 0 Å². The smallest absolute Gasteiger partial charge is 0.272 e. The van der Waals surface area contributed by atoms with E-state index in [4.69, 9.17) is 4.74 Å². The quantitative estimate of drug-likeness (QED) is 0.865. The van der Waals surface area contributed by atoms with Crippen LogP contribution in [-0.4, -0.2) is 38.3 Å². The lowest BCUT2D eigenvalue weighted by Gasteiger charge is -2.28. The number of piperazine rings is 1. The third-order valence-corrected chi connectivity index (χ3v) is 3.81.